The Balaban J connectivity index is 1.46. The Morgan fingerprint density at radius 3 is 2.47 bits per heavy atom. The van der Waals surface area contributed by atoms with Crippen molar-refractivity contribution in [1.82, 2.24) is 14.8 Å². The number of nitrogens with one attached hydrogen (secondary N) is 1. The largest absolute Gasteiger partial charge is 0.493 e. The van der Waals surface area contributed by atoms with Crippen LogP contribution in [0.3, 0.4) is 0 Å². The van der Waals surface area contributed by atoms with Crippen molar-refractivity contribution in [2.45, 2.75) is 38.5 Å². The lowest BCUT2D eigenvalue weighted by atomic mass is 9.85. The number of amides is 1. The van der Waals surface area contributed by atoms with Gasteiger partial charge in [0, 0.05) is 42.8 Å². The van der Waals surface area contributed by atoms with Crippen molar-refractivity contribution in [3.8, 4) is 17.2 Å². The molecule has 1 amide bonds. The van der Waals surface area contributed by atoms with E-state index in [1.165, 1.54) is 10.9 Å². The molecule has 8 heteroatoms. The maximum atomic E-state index is 13.5. The Bertz CT molecular complexity index is 1170. The summed E-state index contributed by atoms with van der Waals surface area (Å²) in [5.41, 5.74) is 3.28. The number of benzene rings is 2. The van der Waals surface area contributed by atoms with Crippen molar-refractivity contribution in [2.75, 3.05) is 41.5 Å². The van der Waals surface area contributed by atoms with Gasteiger partial charge in [-0.2, -0.15) is 0 Å². The third-order valence-corrected chi connectivity index (χ3v) is 7.27. The highest BCUT2D eigenvalue weighted by Crippen LogP contribution is 2.39. The third-order valence-electron chi connectivity index (χ3n) is 7.27. The number of para-hydroxylation sites is 1. The van der Waals surface area contributed by atoms with Crippen LogP contribution in [0.5, 0.6) is 17.2 Å². The summed E-state index contributed by atoms with van der Waals surface area (Å²) in [5, 5.41) is 11.8. The summed E-state index contributed by atoms with van der Waals surface area (Å²) in [6, 6.07) is 12.0. The van der Waals surface area contributed by atoms with E-state index in [9.17, 15) is 9.90 Å². The average molecular weight is 496 g/mol. The molecule has 1 aliphatic rings. The maximum Gasteiger partial charge on any atom is 0.229 e. The summed E-state index contributed by atoms with van der Waals surface area (Å²) in [7, 11) is 6.77. The number of piperidine rings is 1. The number of fused-ring (bicyclic) bond motifs is 1. The summed E-state index contributed by atoms with van der Waals surface area (Å²) < 4.78 is 16.4. The van der Waals surface area contributed by atoms with Gasteiger partial charge in [-0.1, -0.05) is 18.2 Å². The number of aliphatic hydroxyl groups is 1. The van der Waals surface area contributed by atoms with E-state index >= 15 is 0 Å². The lowest BCUT2D eigenvalue weighted by Gasteiger charge is -2.43. The van der Waals surface area contributed by atoms with Crippen LogP contribution in [-0.2, 0) is 17.8 Å². The van der Waals surface area contributed by atoms with Crippen molar-refractivity contribution in [3.05, 3.63) is 53.7 Å². The number of hydrogen-bond donors (Lipinski definition) is 2. The molecule has 0 bridgehead atoms. The molecule has 4 rings (SSSR count). The van der Waals surface area contributed by atoms with E-state index < -0.39 is 12.0 Å². The Hall–Kier alpha value is -3.23. The average Bonchev–Trinajstić information content (AvgIpc) is 3.29. The maximum absolute atomic E-state index is 13.5. The zero-order chi connectivity index (χ0) is 25.8. The van der Waals surface area contributed by atoms with Gasteiger partial charge in [0.1, 0.15) is 0 Å². The minimum absolute atomic E-state index is 0.0119. The topological polar surface area (TPSA) is 87.3 Å². The van der Waals surface area contributed by atoms with Gasteiger partial charge in [0.2, 0.25) is 11.7 Å². The van der Waals surface area contributed by atoms with Gasteiger partial charge in [0.15, 0.2) is 11.5 Å². The molecular weight excluding hydrogens is 458 g/mol. The van der Waals surface area contributed by atoms with E-state index in [-0.39, 0.29) is 11.9 Å². The molecule has 194 valence electrons. The van der Waals surface area contributed by atoms with E-state index in [1.807, 2.05) is 42.4 Å². The van der Waals surface area contributed by atoms with Crippen LogP contribution in [0.2, 0.25) is 0 Å². The zero-order valence-corrected chi connectivity index (χ0v) is 21.8. The fraction of sp³-hybridized carbons (Fsp3) is 0.464. The van der Waals surface area contributed by atoms with Gasteiger partial charge in [0.05, 0.1) is 33.4 Å². The third kappa shape index (κ3) is 5.15. The normalized spacial score (nSPS) is 19.1. The molecule has 3 atom stereocenters. The molecule has 8 nitrogen and oxygen atoms in total. The van der Waals surface area contributed by atoms with E-state index in [0.29, 0.717) is 36.9 Å². The predicted molar refractivity (Wildman–Crippen MR) is 140 cm³/mol. The molecule has 2 aromatic carbocycles. The molecule has 1 saturated heterocycles. The highest BCUT2D eigenvalue weighted by Gasteiger charge is 2.41. The molecule has 0 aliphatic carbocycles. The van der Waals surface area contributed by atoms with Gasteiger partial charge in [-0.3, -0.25) is 9.69 Å². The molecule has 3 aromatic rings. The standard InChI is InChI=1S/C28H37N3O5/c1-18(32)26-23(30(2)17-19-14-24(34-3)27(36-5)25(15-19)35-4)11-13-31(28(26)33)12-10-20-16-29-22-9-7-6-8-21(20)22/h6-9,14-16,18,23,26,29,32H,10-13,17H2,1-5H3. The fourth-order valence-electron chi connectivity index (χ4n) is 5.42. The molecule has 1 aromatic heterocycles. The van der Waals surface area contributed by atoms with Crippen LogP contribution >= 0.6 is 0 Å². The van der Waals surface area contributed by atoms with Gasteiger partial charge >= 0.3 is 0 Å². The summed E-state index contributed by atoms with van der Waals surface area (Å²) >= 11 is 0. The van der Waals surface area contributed by atoms with E-state index in [1.54, 1.807) is 28.3 Å². The number of hydrogen-bond acceptors (Lipinski definition) is 6. The summed E-state index contributed by atoms with van der Waals surface area (Å²) in [5.74, 6) is 1.25. The van der Waals surface area contributed by atoms with Crippen LogP contribution in [-0.4, -0.2) is 79.4 Å². The smallest absolute Gasteiger partial charge is 0.229 e. The number of nitrogens with zero attached hydrogens (tertiary/aromatic N) is 2. The number of likely N-dealkylation sites (tertiary alicyclic amines) is 1. The lowest BCUT2D eigenvalue weighted by molar-refractivity contribution is -0.147. The van der Waals surface area contributed by atoms with E-state index in [2.05, 4.69) is 22.0 Å². The number of methoxy groups -OCH3 is 3. The van der Waals surface area contributed by atoms with Crippen LogP contribution in [0.25, 0.3) is 10.9 Å². The first-order valence-electron chi connectivity index (χ1n) is 12.4. The van der Waals surface area contributed by atoms with E-state index in [0.717, 1.165) is 23.9 Å². The van der Waals surface area contributed by atoms with Crippen LogP contribution in [0.15, 0.2) is 42.6 Å². The number of carbonyl (C=O) groups excluding carboxylic acids is 1. The highest BCUT2D eigenvalue weighted by atomic mass is 16.5. The van der Waals surface area contributed by atoms with Crippen molar-refractivity contribution < 1.29 is 24.1 Å². The molecule has 0 spiro atoms. The highest BCUT2D eigenvalue weighted by molar-refractivity contribution is 5.83. The van der Waals surface area contributed by atoms with Gasteiger partial charge in [-0.15, -0.1) is 0 Å². The van der Waals surface area contributed by atoms with Crippen LogP contribution in [0.4, 0.5) is 0 Å². The molecule has 2 heterocycles. The Kier molecular flexibility index (Phi) is 8.06. The van der Waals surface area contributed by atoms with Crippen molar-refractivity contribution in [3.63, 3.8) is 0 Å². The van der Waals surface area contributed by atoms with Crippen molar-refractivity contribution >= 4 is 16.8 Å². The quantitative estimate of drug-likeness (QED) is 0.448. The van der Waals surface area contributed by atoms with E-state index in [4.69, 9.17) is 14.2 Å². The summed E-state index contributed by atoms with van der Waals surface area (Å²) in [6.45, 7) is 3.58. The van der Waals surface area contributed by atoms with Crippen LogP contribution in [0, 0.1) is 5.92 Å². The fourth-order valence-corrected chi connectivity index (χ4v) is 5.42. The number of rotatable bonds is 10. The monoisotopic (exact) mass is 495 g/mol. The molecule has 0 saturated carbocycles. The Morgan fingerprint density at radius 1 is 1.14 bits per heavy atom. The second kappa shape index (κ2) is 11.2. The molecule has 2 N–H and O–H groups in total. The van der Waals surface area contributed by atoms with Crippen molar-refractivity contribution in [1.29, 1.82) is 0 Å². The second-order valence-corrected chi connectivity index (χ2v) is 9.51. The van der Waals surface area contributed by atoms with Crippen LogP contribution in [0.1, 0.15) is 24.5 Å². The lowest BCUT2D eigenvalue weighted by Crippen LogP contribution is -2.56. The number of aliphatic hydroxyl groups excluding tert-OH is 1. The van der Waals surface area contributed by atoms with Gasteiger partial charge < -0.3 is 29.2 Å². The number of ether oxygens (including phenoxy) is 3. The first-order valence-corrected chi connectivity index (χ1v) is 12.4. The molecule has 1 fully saturated rings. The molecular formula is C28H37N3O5. The predicted octanol–water partition coefficient (Wildman–Crippen LogP) is 3.47. The Morgan fingerprint density at radius 2 is 1.83 bits per heavy atom. The molecule has 36 heavy (non-hydrogen) atoms. The first-order chi connectivity index (χ1) is 17.4. The van der Waals surface area contributed by atoms with Gasteiger partial charge in [-0.25, -0.2) is 0 Å². The number of aromatic amines is 1. The number of H-pyrrole nitrogens is 1. The Labute approximate surface area is 212 Å². The second-order valence-electron chi connectivity index (χ2n) is 9.51. The minimum atomic E-state index is -0.749. The molecule has 0 radical (unpaired) electrons. The number of aromatic nitrogens is 1. The van der Waals surface area contributed by atoms with Gasteiger partial charge in [-0.05, 0) is 56.1 Å². The zero-order valence-electron chi connectivity index (χ0n) is 21.8. The summed E-state index contributed by atoms with van der Waals surface area (Å²) in [6.07, 6.45) is 2.84. The van der Waals surface area contributed by atoms with Crippen molar-refractivity contribution in [2.24, 2.45) is 5.92 Å². The number of carbonyl (C=O) groups is 1. The summed E-state index contributed by atoms with van der Waals surface area (Å²) in [4.78, 5) is 20.9. The molecule has 1 aliphatic heterocycles. The molecule has 3 unspecified atom stereocenters. The SMILES string of the molecule is COc1cc(CN(C)C2CCN(CCc3c[nH]c4ccccc34)C(=O)C2C(C)O)cc(OC)c1OC. The first kappa shape index (κ1) is 25.9. The minimum Gasteiger partial charge on any atom is -0.493 e. The van der Waals surface area contributed by atoms with Crippen LogP contribution < -0.4 is 14.2 Å². The van der Waals surface area contributed by atoms with Gasteiger partial charge in [0.25, 0.3) is 0 Å².